The molecule has 0 spiro atoms. The van der Waals surface area contributed by atoms with E-state index in [-0.39, 0.29) is 12.6 Å². The van der Waals surface area contributed by atoms with E-state index in [1.54, 1.807) is 0 Å². The maximum atomic E-state index is 12.0. The number of carbonyl (C=O) groups excluding carboxylic acids is 1. The Labute approximate surface area is 137 Å². The van der Waals surface area contributed by atoms with Gasteiger partial charge in [-0.2, -0.15) is 0 Å². The van der Waals surface area contributed by atoms with Crippen molar-refractivity contribution in [3.63, 3.8) is 0 Å². The minimum atomic E-state index is -0.372. The lowest BCUT2D eigenvalue weighted by Gasteiger charge is -2.16. The maximum Gasteiger partial charge on any atom is 0.349 e. The zero-order valence-corrected chi connectivity index (χ0v) is 13.7. The van der Waals surface area contributed by atoms with Gasteiger partial charge in [0.15, 0.2) is 6.61 Å². The van der Waals surface area contributed by atoms with Crippen LogP contribution in [0.25, 0.3) is 0 Å². The molecule has 2 aromatic rings. The number of rotatable bonds is 4. The summed E-state index contributed by atoms with van der Waals surface area (Å²) in [6.45, 7) is 3.86. The molecule has 3 heteroatoms. The minimum absolute atomic E-state index is 0.0806. The topological polar surface area (TPSA) is 35.5 Å². The lowest BCUT2D eigenvalue weighted by Crippen LogP contribution is -2.18. The molecule has 120 valence electrons. The third kappa shape index (κ3) is 3.73. The lowest BCUT2D eigenvalue weighted by molar-refractivity contribution is -0.136. The largest absolute Gasteiger partial charge is 0.481 e. The number of benzene rings is 2. The summed E-state index contributed by atoms with van der Waals surface area (Å²) in [4.78, 5) is 12.0. The normalized spacial score (nSPS) is 13.3. The molecular formula is C20H22O3. The van der Waals surface area contributed by atoms with E-state index >= 15 is 0 Å². The summed E-state index contributed by atoms with van der Waals surface area (Å²) in [5, 5.41) is 0. The third-order valence-corrected chi connectivity index (χ3v) is 4.29. The first-order valence-corrected chi connectivity index (χ1v) is 8.15. The molecule has 0 atom stereocenters. The van der Waals surface area contributed by atoms with Gasteiger partial charge in [-0.1, -0.05) is 24.3 Å². The van der Waals surface area contributed by atoms with Crippen LogP contribution in [-0.2, 0) is 17.6 Å². The summed E-state index contributed by atoms with van der Waals surface area (Å²) in [5.41, 5.74) is 4.72. The first kappa shape index (κ1) is 15.6. The van der Waals surface area contributed by atoms with Crippen LogP contribution in [0.4, 0.5) is 0 Å². The van der Waals surface area contributed by atoms with E-state index in [1.807, 2.05) is 44.2 Å². The fraction of sp³-hybridized carbons (Fsp3) is 0.350. The number of hydrogen-bond acceptors (Lipinski definition) is 3. The summed E-state index contributed by atoms with van der Waals surface area (Å²) in [5.74, 6) is 0.999. The van der Waals surface area contributed by atoms with Crippen molar-refractivity contribution in [3.05, 3.63) is 58.7 Å². The number of esters is 1. The summed E-state index contributed by atoms with van der Waals surface area (Å²) in [6.07, 6.45) is 4.65. The highest BCUT2D eigenvalue weighted by Crippen LogP contribution is 2.26. The lowest BCUT2D eigenvalue weighted by atomic mass is 9.92. The Morgan fingerprint density at radius 2 is 1.70 bits per heavy atom. The van der Waals surface area contributed by atoms with Gasteiger partial charge in [-0.3, -0.25) is 0 Å². The number of fused-ring (bicyclic) bond motifs is 1. The van der Waals surface area contributed by atoms with Crippen LogP contribution >= 0.6 is 0 Å². The fourth-order valence-electron chi connectivity index (χ4n) is 3.09. The first-order valence-electron chi connectivity index (χ1n) is 8.15. The van der Waals surface area contributed by atoms with Gasteiger partial charge in [-0.15, -0.1) is 0 Å². The highest BCUT2D eigenvalue weighted by molar-refractivity contribution is 5.74. The van der Waals surface area contributed by atoms with Gasteiger partial charge in [-0.05, 0) is 73.9 Å². The molecule has 0 saturated carbocycles. The predicted octanol–water partition coefficient (Wildman–Crippen LogP) is 4.17. The minimum Gasteiger partial charge on any atom is -0.481 e. The van der Waals surface area contributed by atoms with E-state index < -0.39 is 0 Å². The molecule has 0 aromatic heterocycles. The summed E-state index contributed by atoms with van der Waals surface area (Å²) in [6, 6.07) is 11.9. The number of aryl methyl sites for hydroxylation is 4. The van der Waals surface area contributed by atoms with E-state index in [2.05, 4.69) is 6.07 Å². The molecule has 23 heavy (non-hydrogen) atoms. The van der Waals surface area contributed by atoms with E-state index in [4.69, 9.17) is 9.47 Å². The Balaban J connectivity index is 1.61. The molecule has 0 heterocycles. The summed E-state index contributed by atoms with van der Waals surface area (Å²) >= 11 is 0. The van der Waals surface area contributed by atoms with Crippen LogP contribution in [0.1, 0.15) is 35.1 Å². The van der Waals surface area contributed by atoms with Crippen LogP contribution in [0, 0.1) is 13.8 Å². The first-order chi connectivity index (χ1) is 11.1. The number of ether oxygens (including phenoxy) is 2. The zero-order chi connectivity index (χ0) is 16.2. The molecule has 0 bridgehead atoms. The number of carbonyl (C=O) groups is 1. The molecule has 3 rings (SSSR count). The molecule has 3 nitrogen and oxygen atoms in total. The van der Waals surface area contributed by atoms with E-state index in [0.29, 0.717) is 5.75 Å². The Morgan fingerprint density at radius 1 is 1.00 bits per heavy atom. The average molecular weight is 310 g/mol. The van der Waals surface area contributed by atoms with Gasteiger partial charge in [0.2, 0.25) is 0 Å². The van der Waals surface area contributed by atoms with Crippen molar-refractivity contribution in [2.24, 2.45) is 0 Å². The quantitative estimate of drug-likeness (QED) is 0.628. The molecule has 0 unspecified atom stereocenters. The Kier molecular flexibility index (Phi) is 4.65. The van der Waals surface area contributed by atoms with Crippen molar-refractivity contribution in [3.8, 4) is 11.5 Å². The predicted molar refractivity (Wildman–Crippen MR) is 90.1 cm³/mol. The summed E-state index contributed by atoms with van der Waals surface area (Å²) < 4.78 is 11.1. The van der Waals surface area contributed by atoms with E-state index in [0.717, 1.165) is 29.7 Å². The highest BCUT2D eigenvalue weighted by atomic mass is 16.6. The van der Waals surface area contributed by atoms with Gasteiger partial charge < -0.3 is 9.47 Å². The van der Waals surface area contributed by atoms with Crippen LogP contribution in [0.3, 0.4) is 0 Å². The molecule has 1 aliphatic rings. The molecule has 0 fully saturated rings. The second kappa shape index (κ2) is 6.86. The number of hydrogen-bond donors (Lipinski definition) is 0. The Bertz CT molecular complexity index is 699. The van der Waals surface area contributed by atoms with E-state index in [9.17, 15) is 4.79 Å². The van der Waals surface area contributed by atoms with Gasteiger partial charge in [0.25, 0.3) is 0 Å². The maximum absolute atomic E-state index is 12.0. The van der Waals surface area contributed by atoms with Crippen molar-refractivity contribution >= 4 is 5.97 Å². The second-order valence-electron chi connectivity index (χ2n) is 6.12. The zero-order valence-electron chi connectivity index (χ0n) is 13.7. The van der Waals surface area contributed by atoms with Crippen LogP contribution in [0.15, 0.2) is 36.4 Å². The van der Waals surface area contributed by atoms with Crippen LogP contribution in [-0.4, -0.2) is 12.6 Å². The van der Waals surface area contributed by atoms with Gasteiger partial charge in [0.05, 0.1) is 0 Å². The van der Waals surface area contributed by atoms with E-state index in [1.165, 1.54) is 24.0 Å². The van der Waals surface area contributed by atoms with Crippen LogP contribution in [0.2, 0.25) is 0 Å². The van der Waals surface area contributed by atoms with Gasteiger partial charge in [0.1, 0.15) is 11.5 Å². The van der Waals surface area contributed by atoms with Crippen molar-refractivity contribution in [1.29, 1.82) is 0 Å². The van der Waals surface area contributed by atoms with Crippen molar-refractivity contribution in [2.45, 2.75) is 39.5 Å². The van der Waals surface area contributed by atoms with Gasteiger partial charge in [0, 0.05) is 0 Å². The molecular weight excluding hydrogens is 288 g/mol. The SMILES string of the molecule is Cc1cccc(C)c1OCC(=O)Oc1ccc2c(c1)CCCC2. The van der Waals surface area contributed by atoms with Gasteiger partial charge >= 0.3 is 5.97 Å². The molecule has 0 saturated heterocycles. The molecule has 0 N–H and O–H groups in total. The average Bonchev–Trinajstić information content (AvgIpc) is 2.54. The molecule has 0 amide bonds. The van der Waals surface area contributed by atoms with Gasteiger partial charge in [-0.25, -0.2) is 4.79 Å². The van der Waals surface area contributed by atoms with Crippen LogP contribution < -0.4 is 9.47 Å². The Morgan fingerprint density at radius 3 is 2.43 bits per heavy atom. The van der Waals surface area contributed by atoms with Crippen molar-refractivity contribution in [1.82, 2.24) is 0 Å². The molecule has 0 aliphatic heterocycles. The summed E-state index contributed by atoms with van der Waals surface area (Å²) in [7, 11) is 0. The molecule has 2 aromatic carbocycles. The van der Waals surface area contributed by atoms with Crippen molar-refractivity contribution < 1.29 is 14.3 Å². The second-order valence-corrected chi connectivity index (χ2v) is 6.12. The molecule has 0 radical (unpaired) electrons. The third-order valence-electron chi connectivity index (χ3n) is 4.29. The van der Waals surface area contributed by atoms with Crippen LogP contribution in [0.5, 0.6) is 11.5 Å². The van der Waals surface area contributed by atoms with Crippen molar-refractivity contribution in [2.75, 3.05) is 6.61 Å². The molecule has 1 aliphatic carbocycles. The monoisotopic (exact) mass is 310 g/mol. The Hall–Kier alpha value is -2.29. The highest BCUT2D eigenvalue weighted by Gasteiger charge is 2.13. The number of para-hydroxylation sites is 1. The smallest absolute Gasteiger partial charge is 0.349 e. The fourth-order valence-corrected chi connectivity index (χ4v) is 3.09. The standard InChI is InChI=1S/C20H22O3/c1-14-6-5-7-15(2)20(14)22-13-19(21)23-18-11-10-16-8-3-4-9-17(16)12-18/h5-7,10-12H,3-4,8-9,13H2,1-2H3.